The minimum atomic E-state index is -0.423. The molecule has 0 aromatic carbocycles. The standard InChI is InChI=1S/C13H26N2O2/c1-12(2,3)17-11(16)15-8-10-6-7-14-9-13(10,4)5/h10,14H,6-9H2,1-5H3,(H,15,16). The number of ether oxygens (including phenoxy) is 1. The molecule has 0 aliphatic carbocycles. The molecule has 1 unspecified atom stereocenters. The number of hydrogen-bond acceptors (Lipinski definition) is 3. The summed E-state index contributed by atoms with van der Waals surface area (Å²) < 4.78 is 5.23. The molecule has 2 N–H and O–H groups in total. The fraction of sp³-hybridized carbons (Fsp3) is 0.923. The van der Waals surface area contributed by atoms with Gasteiger partial charge in [0.05, 0.1) is 0 Å². The monoisotopic (exact) mass is 242 g/mol. The Morgan fingerprint density at radius 3 is 2.65 bits per heavy atom. The fourth-order valence-corrected chi connectivity index (χ4v) is 2.12. The topological polar surface area (TPSA) is 50.4 Å². The molecule has 1 amide bonds. The molecule has 1 rings (SSSR count). The van der Waals surface area contributed by atoms with Gasteiger partial charge in [-0.25, -0.2) is 4.79 Å². The van der Waals surface area contributed by atoms with Gasteiger partial charge in [0.2, 0.25) is 0 Å². The van der Waals surface area contributed by atoms with Crippen molar-refractivity contribution in [3.8, 4) is 0 Å². The molecule has 1 aliphatic rings. The van der Waals surface area contributed by atoms with Gasteiger partial charge >= 0.3 is 6.09 Å². The molecule has 1 atom stereocenters. The number of alkyl carbamates (subject to hydrolysis) is 1. The Hall–Kier alpha value is -0.770. The van der Waals surface area contributed by atoms with Crippen molar-refractivity contribution in [2.45, 2.75) is 46.6 Å². The van der Waals surface area contributed by atoms with E-state index in [0.29, 0.717) is 12.5 Å². The zero-order valence-corrected chi connectivity index (χ0v) is 11.7. The summed E-state index contributed by atoms with van der Waals surface area (Å²) in [5.41, 5.74) is -0.193. The van der Waals surface area contributed by atoms with Crippen LogP contribution in [0.25, 0.3) is 0 Å². The molecule has 1 fully saturated rings. The van der Waals surface area contributed by atoms with E-state index in [4.69, 9.17) is 4.74 Å². The molecular formula is C13H26N2O2. The largest absolute Gasteiger partial charge is 0.444 e. The van der Waals surface area contributed by atoms with Gasteiger partial charge in [0, 0.05) is 13.1 Å². The van der Waals surface area contributed by atoms with E-state index in [0.717, 1.165) is 19.5 Å². The minimum Gasteiger partial charge on any atom is -0.444 e. The van der Waals surface area contributed by atoms with Crippen LogP contribution < -0.4 is 10.6 Å². The summed E-state index contributed by atoms with van der Waals surface area (Å²) in [5, 5.41) is 6.26. The number of nitrogens with one attached hydrogen (secondary N) is 2. The Kier molecular flexibility index (Phi) is 4.42. The van der Waals surface area contributed by atoms with Gasteiger partial charge in [-0.05, 0) is 45.1 Å². The lowest BCUT2D eigenvalue weighted by atomic mass is 9.74. The molecule has 100 valence electrons. The SMILES string of the molecule is CC(C)(C)OC(=O)NCC1CCNCC1(C)C. The number of carbonyl (C=O) groups is 1. The first-order valence-corrected chi connectivity index (χ1v) is 6.38. The molecule has 1 heterocycles. The van der Waals surface area contributed by atoms with Gasteiger partial charge in [-0.15, -0.1) is 0 Å². The summed E-state index contributed by atoms with van der Waals surface area (Å²) in [6.45, 7) is 12.8. The van der Waals surface area contributed by atoms with E-state index >= 15 is 0 Å². The van der Waals surface area contributed by atoms with Crippen molar-refractivity contribution in [3.63, 3.8) is 0 Å². The summed E-state index contributed by atoms with van der Waals surface area (Å²) in [5.74, 6) is 0.510. The molecule has 4 heteroatoms. The van der Waals surface area contributed by atoms with Crippen LogP contribution in [0.2, 0.25) is 0 Å². The first kappa shape index (κ1) is 14.3. The second-order valence-electron chi connectivity index (χ2n) is 6.53. The van der Waals surface area contributed by atoms with Gasteiger partial charge < -0.3 is 15.4 Å². The second kappa shape index (κ2) is 5.25. The zero-order chi connectivity index (χ0) is 13.1. The van der Waals surface area contributed by atoms with Crippen LogP contribution >= 0.6 is 0 Å². The Morgan fingerprint density at radius 1 is 1.47 bits per heavy atom. The van der Waals surface area contributed by atoms with E-state index in [1.807, 2.05) is 20.8 Å². The molecule has 0 radical (unpaired) electrons. The smallest absolute Gasteiger partial charge is 0.407 e. The molecule has 0 bridgehead atoms. The lowest BCUT2D eigenvalue weighted by Crippen LogP contribution is -2.47. The van der Waals surface area contributed by atoms with E-state index in [9.17, 15) is 4.79 Å². The first-order valence-electron chi connectivity index (χ1n) is 6.38. The van der Waals surface area contributed by atoms with Crippen molar-refractivity contribution in [2.24, 2.45) is 11.3 Å². The van der Waals surface area contributed by atoms with Crippen LogP contribution in [0.15, 0.2) is 0 Å². The van der Waals surface area contributed by atoms with Crippen LogP contribution in [0.3, 0.4) is 0 Å². The highest BCUT2D eigenvalue weighted by molar-refractivity contribution is 5.67. The van der Waals surface area contributed by atoms with E-state index in [-0.39, 0.29) is 11.5 Å². The summed E-state index contributed by atoms with van der Waals surface area (Å²) in [6.07, 6.45) is 0.787. The molecule has 0 spiro atoms. The summed E-state index contributed by atoms with van der Waals surface area (Å²) in [4.78, 5) is 11.6. The molecule has 17 heavy (non-hydrogen) atoms. The molecule has 1 saturated heterocycles. The molecule has 0 saturated carbocycles. The number of hydrogen-bond donors (Lipinski definition) is 2. The Morgan fingerprint density at radius 2 is 2.12 bits per heavy atom. The average Bonchev–Trinajstić information content (AvgIpc) is 2.12. The van der Waals surface area contributed by atoms with Crippen LogP contribution in [-0.2, 0) is 4.74 Å². The van der Waals surface area contributed by atoms with Crippen molar-refractivity contribution >= 4 is 6.09 Å². The number of carbonyl (C=O) groups excluding carboxylic acids is 1. The molecule has 0 aromatic heterocycles. The second-order valence-corrected chi connectivity index (χ2v) is 6.53. The Labute approximate surface area is 104 Å². The lowest BCUT2D eigenvalue weighted by Gasteiger charge is -2.39. The Balaban J connectivity index is 2.37. The molecule has 1 aliphatic heterocycles. The zero-order valence-electron chi connectivity index (χ0n) is 11.7. The van der Waals surface area contributed by atoms with E-state index in [1.165, 1.54) is 0 Å². The Bertz CT molecular complexity index is 269. The van der Waals surface area contributed by atoms with Gasteiger partial charge in [-0.2, -0.15) is 0 Å². The molecule has 0 aromatic rings. The number of amides is 1. The van der Waals surface area contributed by atoms with Gasteiger partial charge in [0.15, 0.2) is 0 Å². The fourth-order valence-electron chi connectivity index (χ4n) is 2.12. The maximum Gasteiger partial charge on any atom is 0.407 e. The van der Waals surface area contributed by atoms with Gasteiger partial charge in [-0.1, -0.05) is 13.8 Å². The van der Waals surface area contributed by atoms with Gasteiger partial charge in [0.1, 0.15) is 5.60 Å². The maximum atomic E-state index is 11.6. The van der Waals surface area contributed by atoms with Crippen molar-refractivity contribution in [1.82, 2.24) is 10.6 Å². The third-order valence-electron chi connectivity index (χ3n) is 3.25. The summed E-state index contributed by atoms with van der Waals surface area (Å²) >= 11 is 0. The third-order valence-corrected chi connectivity index (χ3v) is 3.25. The average molecular weight is 242 g/mol. The number of piperidine rings is 1. The van der Waals surface area contributed by atoms with Crippen molar-refractivity contribution in [2.75, 3.05) is 19.6 Å². The van der Waals surface area contributed by atoms with Crippen LogP contribution in [0.1, 0.15) is 41.0 Å². The van der Waals surface area contributed by atoms with E-state index in [1.54, 1.807) is 0 Å². The lowest BCUT2D eigenvalue weighted by molar-refractivity contribution is 0.0490. The van der Waals surface area contributed by atoms with Crippen LogP contribution in [0, 0.1) is 11.3 Å². The van der Waals surface area contributed by atoms with Crippen molar-refractivity contribution in [1.29, 1.82) is 0 Å². The summed E-state index contributed by atoms with van der Waals surface area (Å²) in [6, 6.07) is 0. The quantitative estimate of drug-likeness (QED) is 0.780. The summed E-state index contributed by atoms with van der Waals surface area (Å²) in [7, 11) is 0. The van der Waals surface area contributed by atoms with Gasteiger partial charge in [-0.3, -0.25) is 0 Å². The van der Waals surface area contributed by atoms with Gasteiger partial charge in [0.25, 0.3) is 0 Å². The van der Waals surface area contributed by atoms with Crippen molar-refractivity contribution < 1.29 is 9.53 Å². The van der Waals surface area contributed by atoms with Crippen molar-refractivity contribution in [3.05, 3.63) is 0 Å². The van der Waals surface area contributed by atoms with Crippen LogP contribution in [0.5, 0.6) is 0 Å². The highest BCUT2D eigenvalue weighted by Crippen LogP contribution is 2.30. The highest BCUT2D eigenvalue weighted by atomic mass is 16.6. The third kappa shape index (κ3) is 4.94. The predicted molar refractivity (Wildman–Crippen MR) is 69.0 cm³/mol. The van der Waals surface area contributed by atoms with Crippen LogP contribution in [0.4, 0.5) is 4.79 Å². The highest BCUT2D eigenvalue weighted by Gasteiger charge is 2.32. The van der Waals surface area contributed by atoms with E-state index < -0.39 is 5.60 Å². The number of rotatable bonds is 2. The minimum absolute atomic E-state index is 0.229. The normalized spacial score (nSPS) is 24.2. The van der Waals surface area contributed by atoms with Crippen LogP contribution in [-0.4, -0.2) is 31.3 Å². The first-order chi connectivity index (χ1) is 7.71. The van der Waals surface area contributed by atoms with E-state index in [2.05, 4.69) is 24.5 Å². The molecular weight excluding hydrogens is 216 g/mol. The predicted octanol–water partition coefficient (Wildman–Crippen LogP) is 2.15. The maximum absolute atomic E-state index is 11.6. The molecule has 4 nitrogen and oxygen atoms in total.